The van der Waals surface area contributed by atoms with E-state index in [2.05, 4.69) is 0 Å². The van der Waals surface area contributed by atoms with Crippen LogP contribution < -0.4 is 18.9 Å². The van der Waals surface area contributed by atoms with Crippen LogP contribution in [0.5, 0.6) is 28.7 Å². The summed E-state index contributed by atoms with van der Waals surface area (Å²) < 4.78 is 24.4. The van der Waals surface area contributed by atoms with Gasteiger partial charge >= 0.3 is 5.97 Å². The lowest BCUT2D eigenvalue weighted by molar-refractivity contribution is -0.135. The van der Waals surface area contributed by atoms with Crippen molar-refractivity contribution < 1.29 is 33.6 Å². The van der Waals surface area contributed by atoms with E-state index in [0.29, 0.717) is 28.2 Å². The third-order valence-electron chi connectivity index (χ3n) is 6.90. The van der Waals surface area contributed by atoms with Crippen molar-refractivity contribution in [2.24, 2.45) is 7.05 Å². The Kier molecular flexibility index (Phi) is 5.19. The highest BCUT2D eigenvalue weighted by Gasteiger charge is 2.39. The molecule has 1 N–H and O–H groups in total. The first-order chi connectivity index (χ1) is 17.9. The number of methoxy groups -OCH3 is 2. The minimum Gasteiger partial charge on any atom is -0.502 e. The molecule has 1 atom stereocenters. The lowest BCUT2D eigenvalue weighted by Gasteiger charge is -2.27. The highest BCUT2D eigenvalue weighted by molar-refractivity contribution is 6.15. The van der Waals surface area contributed by atoms with Crippen LogP contribution in [0.2, 0.25) is 0 Å². The molecule has 8 nitrogen and oxygen atoms in total. The van der Waals surface area contributed by atoms with Crippen LogP contribution in [-0.2, 0) is 11.8 Å². The summed E-state index contributed by atoms with van der Waals surface area (Å²) in [5, 5.41) is 11.4. The average Bonchev–Trinajstić information content (AvgIpc) is 3.39. The molecule has 6 rings (SSSR count). The molecule has 0 radical (unpaired) electrons. The Bertz CT molecular complexity index is 1620. The SMILES string of the molecule is COc1cc([C@@H]2CC(=O)Oc3ccc4c(c32)O/C(=C\c2cn(C)c3ccccc23)C4=O)cc(OC)c1O. The van der Waals surface area contributed by atoms with Crippen molar-refractivity contribution in [3.05, 3.63) is 82.7 Å². The van der Waals surface area contributed by atoms with Crippen LogP contribution in [-0.4, -0.2) is 35.6 Å². The van der Waals surface area contributed by atoms with E-state index in [1.165, 1.54) is 14.2 Å². The molecule has 0 saturated carbocycles. The summed E-state index contributed by atoms with van der Waals surface area (Å²) in [6.45, 7) is 0. The van der Waals surface area contributed by atoms with Crippen LogP contribution in [0, 0.1) is 0 Å². The van der Waals surface area contributed by atoms with Crippen molar-refractivity contribution in [3.8, 4) is 28.7 Å². The quantitative estimate of drug-likeness (QED) is 0.242. The van der Waals surface area contributed by atoms with Gasteiger partial charge in [0.05, 0.1) is 26.2 Å². The number of phenolic OH excluding ortho intramolecular Hbond substituents is 1. The molecule has 3 heterocycles. The van der Waals surface area contributed by atoms with Gasteiger partial charge < -0.3 is 28.6 Å². The van der Waals surface area contributed by atoms with Gasteiger partial charge in [0.25, 0.3) is 0 Å². The molecule has 0 aliphatic carbocycles. The molecule has 0 saturated heterocycles. The topological polar surface area (TPSA) is 96.2 Å². The van der Waals surface area contributed by atoms with E-state index in [4.69, 9.17) is 18.9 Å². The zero-order valence-corrected chi connectivity index (χ0v) is 20.4. The summed E-state index contributed by atoms with van der Waals surface area (Å²) >= 11 is 0. The normalized spacial score (nSPS) is 17.4. The van der Waals surface area contributed by atoms with Gasteiger partial charge in [-0.05, 0) is 42.0 Å². The Hall–Kier alpha value is -4.72. The van der Waals surface area contributed by atoms with Crippen LogP contribution in [0.1, 0.15) is 39.4 Å². The smallest absolute Gasteiger partial charge is 0.312 e. The van der Waals surface area contributed by atoms with Crippen LogP contribution >= 0.6 is 0 Å². The summed E-state index contributed by atoms with van der Waals surface area (Å²) in [5.41, 5.74) is 3.53. The van der Waals surface area contributed by atoms with Gasteiger partial charge in [-0.3, -0.25) is 9.59 Å². The second-order valence-electron chi connectivity index (χ2n) is 9.01. The van der Waals surface area contributed by atoms with Gasteiger partial charge in [-0.25, -0.2) is 0 Å². The standard InChI is InChI=1S/C29H23NO7/c1-30-14-16(17-6-4-5-7-20(17)30)12-24-27(32)18-8-9-21-26(29(18)37-24)19(13-25(31)36-21)15-10-22(34-2)28(33)23(11-15)35-3/h4-12,14,19,33H,13H2,1-3H3/b24-12-/t19-/m0/s1. The Morgan fingerprint density at radius 2 is 1.76 bits per heavy atom. The number of para-hydroxylation sites is 1. The number of carbonyl (C=O) groups excluding carboxylic acids is 2. The highest BCUT2D eigenvalue weighted by atomic mass is 16.5. The molecule has 0 amide bonds. The second-order valence-corrected chi connectivity index (χ2v) is 9.01. The van der Waals surface area contributed by atoms with Gasteiger partial charge in [0.15, 0.2) is 17.3 Å². The second kappa shape index (κ2) is 8.44. The molecule has 37 heavy (non-hydrogen) atoms. The fraction of sp³-hybridized carbons (Fsp3) is 0.172. The molecular weight excluding hydrogens is 474 g/mol. The summed E-state index contributed by atoms with van der Waals surface area (Å²) in [4.78, 5) is 25.9. The lowest BCUT2D eigenvalue weighted by Crippen LogP contribution is -2.21. The Labute approximate surface area is 212 Å². The zero-order chi connectivity index (χ0) is 25.8. The molecule has 3 aromatic carbocycles. The monoisotopic (exact) mass is 497 g/mol. The molecule has 2 aliphatic rings. The Morgan fingerprint density at radius 1 is 1.03 bits per heavy atom. The number of ether oxygens (including phenoxy) is 4. The maximum atomic E-state index is 13.4. The number of Topliss-reactive ketones (excluding diaryl/α,β-unsaturated/α-hetero) is 1. The minimum absolute atomic E-state index is 0.0143. The molecule has 8 heteroatoms. The number of aryl methyl sites for hydroxylation is 1. The first-order valence-electron chi connectivity index (χ1n) is 11.7. The molecule has 2 aliphatic heterocycles. The number of carbonyl (C=O) groups is 2. The van der Waals surface area contributed by atoms with E-state index in [1.807, 2.05) is 42.1 Å². The predicted octanol–water partition coefficient (Wildman–Crippen LogP) is 4.96. The zero-order valence-electron chi connectivity index (χ0n) is 20.4. The summed E-state index contributed by atoms with van der Waals surface area (Å²) in [6.07, 6.45) is 3.71. The largest absolute Gasteiger partial charge is 0.502 e. The van der Waals surface area contributed by atoms with E-state index < -0.39 is 11.9 Å². The molecule has 0 fully saturated rings. The first-order valence-corrected chi connectivity index (χ1v) is 11.7. The van der Waals surface area contributed by atoms with Crippen LogP contribution in [0.4, 0.5) is 0 Å². The third kappa shape index (κ3) is 3.52. The lowest BCUT2D eigenvalue weighted by atomic mass is 9.84. The fourth-order valence-corrected chi connectivity index (χ4v) is 5.14. The van der Waals surface area contributed by atoms with E-state index in [-0.39, 0.29) is 35.2 Å². The van der Waals surface area contributed by atoms with Crippen LogP contribution in [0.25, 0.3) is 17.0 Å². The molecule has 4 aromatic rings. The third-order valence-corrected chi connectivity index (χ3v) is 6.90. The molecular formula is C29H23NO7. The van der Waals surface area contributed by atoms with Gasteiger partial charge in [-0.2, -0.15) is 0 Å². The van der Waals surface area contributed by atoms with Crippen LogP contribution in [0.3, 0.4) is 0 Å². The van der Waals surface area contributed by atoms with Crippen molar-refractivity contribution in [2.45, 2.75) is 12.3 Å². The van der Waals surface area contributed by atoms with E-state index in [1.54, 1.807) is 30.3 Å². The van der Waals surface area contributed by atoms with Crippen molar-refractivity contribution in [2.75, 3.05) is 14.2 Å². The highest BCUT2D eigenvalue weighted by Crippen LogP contribution is 2.51. The average molecular weight is 498 g/mol. The molecule has 0 bridgehead atoms. The molecule has 186 valence electrons. The number of esters is 1. The minimum atomic E-state index is -0.515. The summed E-state index contributed by atoms with van der Waals surface area (Å²) in [5.74, 6) is -0.0378. The fourth-order valence-electron chi connectivity index (χ4n) is 5.14. The number of benzene rings is 3. The van der Waals surface area contributed by atoms with Crippen molar-refractivity contribution in [3.63, 3.8) is 0 Å². The van der Waals surface area contributed by atoms with E-state index >= 15 is 0 Å². The van der Waals surface area contributed by atoms with Crippen molar-refractivity contribution >= 4 is 28.7 Å². The molecule has 0 unspecified atom stereocenters. The van der Waals surface area contributed by atoms with Crippen molar-refractivity contribution in [1.82, 2.24) is 4.57 Å². The van der Waals surface area contributed by atoms with Gasteiger partial charge in [0.1, 0.15) is 11.5 Å². The van der Waals surface area contributed by atoms with Gasteiger partial charge in [0.2, 0.25) is 11.5 Å². The number of rotatable bonds is 4. The van der Waals surface area contributed by atoms with Crippen molar-refractivity contribution in [1.29, 1.82) is 0 Å². The number of allylic oxidation sites excluding steroid dienone is 1. The summed E-state index contributed by atoms with van der Waals surface area (Å²) in [6, 6.07) is 14.5. The number of hydrogen-bond acceptors (Lipinski definition) is 7. The number of hydrogen-bond donors (Lipinski definition) is 1. The van der Waals surface area contributed by atoms with Gasteiger partial charge in [-0.1, -0.05) is 18.2 Å². The number of phenols is 1. The predicted molar refractivity (Wildman–Crippen MR) is 136 cm³/mol. The van der Waals surface area contributed by atoms with E-state index in [9.17, 15) is 14.7 Å². The van der Waals surface area contributed by atoms with Gasteiger partial charge in [-0.15, -0.1) is 0 Å². The number of fused-ring (bicyclic) bond motifs is 4. The Morgan fingerprint density at radius 3 is 2.49 bits per heavy atom. The maximum Gasteiger partial charge on any atom is 0.312 e. The number of aromatic hydroxyl groups is 1. The number of ketones is 1. The Balaban J connectivity index is 1.48. The number of nitrogens with zero attached hydrogens (tertiary/aromatic N) is 1. The summed E-state index contributed by atoms with van der Waals surface area (Å²) in [7, 11) is 4.82. The molecule has 1 aromatic heterocycles. The maximum absolute atomic E-state index is 13.4. The van der Waals surface area contributed by atoms with E-state index in [0.717, 1.165) is 16.5 Å². The van der Waals surface area contributed by atoms with Crippen LogP contribution in [0.15, 0.2) is 60.5 Å². The first kappa shape index (κ1) is 22.7. The number of aromatic nitrogens is 1. The van der Waals surface area contributed by atoms with Gasteiger partial charge in [0, 0.05) is 41.2 Å². The molecule has 0 spiro atoms.